The Hall–Kier alpha value is -4.23. The van der Waals surface area contributed by atoms with Crippen molar-refractivity contribution in [1.82, 2.24) is 24.6 Å². The third kappa shape index (κ3) is 8.02. The molecule has 47 heavy (non-hydrogen) atoms. The normalized spacial score (nSPS) is 23.4. The lowest BCUT2D eigenvalue weighted by atomic mass is 9.87. The number of carbonyl (C=O) groups is 2. The first-order valence-corrected chi connectivity index (χ1v) is 16.0. The van der Waals surface area contributed by atoms with Crippen molar-refractivity contribution in [3.8, 4) is 11.1 Å². The van der Waals surface area contributed by atoms with Crippen molar-refractivity contribution < 1.29 is 37.0 Å². The van der Waals surface area contributed by atoms with Crippen LogP contribution in [-0.2, 0) is 29.3 Å². The molecule has 2 aliphatic rings. The van der Waals surface area contributed by atoms with Crippen molar-refractivity contribution in [2.75, 3.05) is 4.90 Å². The van der Waals surface area contributed by atoms with Gasteiger partial charge in [0.05, 0.1) is 17.7 Å². The summed E-state index contributed by atoms with van der Waals surface area (Å²) in [6.45, 7) is 3.84. The number of amides is 1. The molecule has 1 aliphatic heterocycles. The molecular weight excluding hydrogens is 620 g/mol. The molecule has 1 N–H and O–H groups in total. The molecule has 1 aromatic carbocycles. The van der Waals surface area contributed by atoms with Crippen molar-refractivity contribution in [3.63, 3.8) is 0 Å². The van der Waals surface area contributed by atoms with Gasteiger partial charge in [-0.2, -0.15) is 18.3 Å². The smallest absolute Gasteiger partial charge is 0.416 e. The molecule has 1 unspecified atom stereocenters. The van der Waals surface area contributed by atoms with E-state index in [0.717, 1.165) is 17.7 Å². The van der Waals surface area contributed by atoms with E-state index in [-0.39, 0.29) is 42.3 Å². The minimum atomic E-state index is -4.72. The first kappa shape index (κ1) is 34.1. The molecule has 0 radical (unpaired) electrons. The number of likely N-dealkylation sites (tertiary alicyclic amines) is 1. The standard InChI is InChI=1S/C33H40F4N6O4/c1-4-26-13-28(14-27(5-2)43(26)32(46)47-29-8-6-21(7-9-29)30(44)45)42(18-20-10-24(33(35,36)37)12-25(34)11-20)31-38-15-22(16-39-31)23-17-40-41(3)19-23/h10-12,15-17,19,21,26-29H,4-9,13-14,18H2,1-3H3,(H,44,45)/t21-,26-,27+,28?,29-. The van der Waals surface area contributed by atoms with Crippen LogP contribution < -0.4 is 4.90 Å². The first-order chi connectivity index (χ1) is 22.4. The number of carbonyl (C=O) groups excluding carboxylic acids is 1. The van der Waals surface area contributed by atoms with Gasteiger partial charge in [0.1, 0.15) is 11.9 Å². The van der Waals surface area contributed by atoms with Gasteiger partial charge in [-0.25, -0.2) is 19.2 Å². The number of aliphatic carboxylic acids is 1. The maximum Gasteiger partial charge on any atom is 0.416 e. The number of anilines is 1. The van der Waals surface area contributed by atoms with Gasteiger partial charge in [0.25, 0.3) is 0 Å². The van der Waals surface area contributed by atoms with Crippen LogP contribution in [0.4, 0.5) is 28.3 Å². The topological polar surface area (TPSA) is 114 Å². The summed E-state index contributed by atoms with van der Waals surface area (Å²) in [6, 6.07) is 1.72. The predicted octanol–water partition coefficient (Wildman–Crippen LogP) is 6.84. The molecule has 254 valence electrons. The number of carboxylic acid groups (broad SMARTS) is 1. The lowest BCUT2D eigenvalue weighted by Crippen LogP contribution is -2.57. The second kappa shape index (κ2) is 14.3. The number of hydrogen-bond acceptors (Lipinski definition) is 7. The predicted molar refractivity (Wildman–Crippen MR) is 165 cm³/mol. The Bertz CT molecular complexity index is 1530. The van der Waals surface area contributed by atoms with Gasteiger partial charge in [0.15, 0.2) is 0 Å². The maximum atomic E-state index is 14.5. The van der Waals surface area contributed by atoms with Gasteiger partial charge < -0.3 is 19.6 Å². The van der Waals surface area contributed by atoms with Crippen LogP contribution >= 0.6 is 0 Å². The molecule has 3 atom stereocenters. The Morgan fingerprint density at radius 3 is 2.15 bits per heavy atom. The fraction of sp³-hybridized carbons (Fsp3) is 0.545. The van der Waals surface area contributed by atoms with Crippen molar-refractivity contribution in [3.05, 3.63) is 59.9 Å². The van der Waals surface area contributed by atoms with Crippen LogP contribution in [0.3, 0.4) is 0 Å². The van der Waals surface area contributed by atoms with E-state index in [2.05, 4.69) is 15.1 Å². The van der Waals surface area contributed by atoms with Crippen LogP contribution in [0.15, 0.2) is 43.0 Å². The molecule has 1 aliphatic carbocycles. The van der Waals surface area contributed by atoms with Crippen molar-refractivity contribution >= 4 is 18.0 Å². The summed E-state index contributed by atoms with van der Waals surface area (Å²) in [5.74, 6) is -1.97. The monoisotopic (exact) mass is 660 g/mol. The summed E-state index contributed by atoms with van der Waals surface area (Å²) < 4.78 is 62.9. The van der Waals surface area contributed by atoms with E-state index in [1.54, 1.807) is 35.2 Å². The highest BCUT2D eigenvalue weighted by molar-refractivity contribution is 5.70. The molecule has 0 bridgehead atoms. The Kier molecular flexibility index (Phi) is 10.4. The van der Waals surface area contributed by atoms with E-state index in [4.69, 9.17) is 4.74 Å². The number of ether oxygens (including phenoxy) is 1. The van der Waals surface area contributed by atoms with Crippen LogP contribution in [0, 0.1) is 11.7 Å². The number of alkyl halides is 3. The molecule has 3 aromatic rings. The van der Waals surface area contributed by atoms with Crippen LogP contribution in [0.25, 0.3) is 11.1 Å². The summed E-state index contributed by atoms with van der Waals surface area (Å²) >= 11 is 0. The second-order valence-corrected chi connectivity index (χ2v) is 12.5. The minimum absolute atomic E-state index is 0.0815. The largest absolute Gasteiger partial charge is 0.481 e. The fourth-order valence-electron chi connectivity index (χ4n) is 6.81. The Morgan fingerprint density at radius 2 is 1.62 bits per heavy atom. The Balaban J connectivity index is 1.41. The third-order valence-electron chi connectivity index (χ3n) is 9.33. The highest BCUT2D eigenvalue weighted by atomic mass is 19.4. The molecule has 5 rings (SSSR count). The van der Waals surface area contributed by atoms with Crippen molar-refractivity contribution in [2.24, 2.45) is 13.0 Å². The molecule has 1 amide bonds. The van der Waals surface area contributed by atoms with E-state index in [1.807, 2.05) is 24.9 Å². The second-order valence-electron chi connectivity index (χ2n) is 12.5. The summed E-state index contributed by atoms with van der Waals surface area (Å²) in [5, 5.41) is 13.5. The molecule has 1 saturated carbocycles. The maximum absolute atomic E-state index is 14.5. The number of aryl methyl sites for hydroxylation is 1. The van der Waals surface area contributed by atoms with E-state index < -0.39 is 35.5 Å². The zero-order valence-corrected chi connectivity index (χ0v) is 26.7. The highest BCUT2D eigenvalue weighted by Gasteiger charge is 2.42. The van der Waals surface area contributed by atoms with Gasteiger partial charge in [-0.3, -0.25) is 9.48 Å². The van der Waals surface area contributed by atoms with Crippen LogP contribution in [0.1, 0.15) is 76.3 Å². The van der Waals surface area contributed by atoms with E-state index in [9.17, 15) is 32.3 Å². The molecule has 2 aromatic heterocycles. The van der Waals surface area contributed by atoms with Gasteiger partial charge in [-0.15, -0.1) is 0 Å². The SMILES string of the molecule is CC[C@@H]1CC(N(Cc2cc(F)cc(C(F)(F)F)c2)c2ncc(-c3cnn(C)c3)cn2)C[C@H](CC)N1C(=O)O[C@H]1CC[C@H](C(=O)O)CC1. The highest BCUT2D eigenvalue weighted by Crippen LogP contribution is 2.36. The number of carboxylic acids is 1. The van der Waals surface area contributed by atoms with Gasteiger partial charge in [-0.05, 0) is 75.1 Å². The molecule has 1 saturated heterocycles. The third-order valence-corrected chi connectivity index (χ3v) is 9.33. The summed E-state index contributed by atoms with van der Waals surface area (Å²) in [5.41, 5.74) is 0.552. The molecular formula is C33H40F4N6O4. The molecule has 2 fully saturated rings. The fourth-order valence-corrected chi connectivity index (χ4v) is 6.81. The van der Waals surface area contributed by atoms with Crippen molar-refractivity contribution in [1.29, 1.82) is 0 Å². The lowest BCUT2D eigenvalue weighted by Gasteiger charge is -2.47. The number of halogens is 4. The van der Waals surface area contributed by atoms with Crippen LogP contribution in [-0.4, -0.2) is 66.0 Å². The van der Waals surface area contributed by atoms with Crippen LogP contribution in [0.5, 0.6) is 0 Å². The van der Waals surface area contributed by atoms with E-state index in [0.29, 0.717) is 63.0 Å². The zero-order valence-electron chi connectivity index (χ0n) is 26.7. The van der Waals surface area contributed by atoms with Crippen molar-refractivity contribution in [2.45, 2.75) is 102 Å². The summed E-state index contributed by atoms with van der Waals surface area (Å²) in [7, 11) is 1.79. The first-order valence-electron chi connectivity index (χ1n) is 16.0. The Labute approximate surface area is 270 Å². The van der Waals surface area contributed by atoms with Gasteiger partial charge in [0, 0.05) is 61.4 Å². The van der Waals surface area contributed by atoms with E-state index >= 15 is 0 Å². The molecule has 0 spiro atoms. The number of nitrogens with zero attached hydrogens (tertiary/aromatic N) is 6. The summed E-state index contributed by atoms with van der Waals surface area (Å²) in [4.78, 5) is 37.7. The Morgan fingerprint density at radius 1 is 0.979 bits per heavy atom. The zero-order chi connectivity index (χ0) is 33.9. The average molecular weight is 661 g/mol. The number of benzene rings is 1. The number of rotatable bonds is 9. The number of aromatic nitrogens is 4. The lowest BCUT2D eigenvalue weighted by molar-refractivity contribution is -0.143. The quantitative estimate of drug-likeness (QED) is 0.248. The minimum Gasteiger partial charge on any atom is -0.481 e. The number of piperidine rings is 1. The molecule has 14 heteroatoms. The molecule has 3 heterocycles. The van der Waals surface area contributed by atoms with Crippen LogP contribution in [0.2, 0.25) is 0 Å². The van der Waals surface area contributed by atoms with Gasteiger partial charge in [-0.1, -0.05) is 13.8 Å². The van der Waals surface area contributed by atoms with E-state index in [1.165, 1.54) is 0 Å². The van der Waals surface area contributed by atoms with Gasteiger partial charge in [0.2, 0.25) is 5.95 Å². The van der Waals surface area contributed by atoms with Gasteiger partial charge >= 0.3 is 18.2 Å². The molecule has 10 nitrogen and oxygen atoms in total. The summed E-state index contributed by atoms with van der Waals surface area (Å²) in [6.07, 6.45) is 5.21. The average Bonchev–Trinajstić information content (AvgIpc) is 3.48. The number of hydrogen-bond donors (Lipinski definition) is 1.